The SMILES string of the molecule is CCOc1cc(/C=C/C(=O)c2ccccc2)cc(Br)c1OCc1cccc2ccccc12. The van der Waals surface area contributed by atoms with Crippen LogP contribution in [0.25, 0.3) is 16.8 Å². The van der Waals surface area contributed by atoms with Gasteiger partial charge in [0.1, 0.15) is 6.61 Å². The second-order valence-electron chi connectivity index (χ2n) is 7.25. The monoisotopic (exact) mass is 486 g/mol. The summed E-state index contributed by atoms with van der Waals surface area (Å²) in [5.74, 6) is 1.23. The van der Waals surface area contributed by atoms with Gasteiger partial charge < -0.3 is 9.47 Å². The lowest BCUT2D eigenvalue weighted by molar-refractivity contribution is 0.104. The summed E-state index contributed by atoms with van der Waals surface area (Å²) in [5.41, 5.74) is 2.61. The summed E-state index contributed by atoms with van der Waals surface area (Å²) in [6.45, 7) is 2.86. The van der Waals surface area contributed by atoms with Gasteiger partial charge in [0, 0.05) is 5.56 Å². The number of carbonyl (C=O) groups is 1. The Hall–Kier alpha value is -3.37. The number of fused-ring (bicyclic) bond motifs is 1. The first kappa shape index (κ1) is 21.8. The van der Waals surface area contributed by atoms with Crippen molar-refractivity contribution in [1.29, 1.82) is 0 Å². The van der Waals surface area contributed by atoms with Crippen molar-refractivity contribution in [3.8, 4) is 11.5 Å². The van der Waals surface area contributed by atoms with E-state index in [1.54, 1.807) is 24.3 Å². The number of carbonyl (C=O) groups excluding carboxylic acids is 1. The van der Waals surface area contributed by atoms with E-state index in [1.165, 1.54) is 10.8 Å². The first-order valence-corrected chi connectivity index (χ1v) is 11.3. The zero-order valence-electron chi connectivity index (χ0n) is 17.8. The fraction of sp³-hybridized carbons (Fsp3) is 0.107. The van der Waals surface area contributed by atoms with Gasteiger partial charge in [0.2, 0.25) is 0 Å². The van der Waals surface area contributed by atoms with Crippen LogP contribution in [0.4, 0.5) is 0 Å². The minimum absolute atomic E-state index is 0.0454. The lowest BCUT2D eigenvalue weighted by Gasteiger charge is -2.15. The summed E-state index contributed by atoms with van der Waals surface area (Å²) in [6, 6.07) is 27.5. The molecule has 0 bridgehead atoms. The number of halogens is 1. The number of hydrogen-bond acceptors (Lipinski definition) is 3. The predicted octanol–water partition coefficient (Wildman–Crippen LogP) is 7.48. The summed E-state index contributed by atoms with van der Waals surface area (Å²) >= 11 is 3.62. The maximum atomic E-state index is 12.4. The molecule has 0 saturated carbocycles. The zero-order chi connectivity index (χ0) is 22.3. The van der Waals surface area contributed by atoms with Crippen LogP contribution in [-0.4, -0.2) is 12.4 Å². The minimum Gasteiger partial charge on any atom is -0.490 e. The molecule has 4 aromatic rings. The van der Waals surface area contributed by atoms with Gasteiger partial charge in [-0.15, -0.1) is 0 Å². The lowest BCUT2D eigenvalue weighted by atomic mass is 10.1. The van der Waals surface area contributed by atoms with Gasteiger partial charge in [0.05, 0.1) is 11.1 Å². The van der Waals surface area contributed by atoms with Gasteiger partial charge in [-0.05, 0) is 63.0 Å². The summed E-state index contributed by atoms with van der Waals surface area (Å²) < 4.78 is 12.8. The number of rotatable bonds is 8. The van der Waals surface area contributed by atoms with Gasteiger partial charge in [-0.25, -0.2) is 0 Å². The molecule has 0 heterocycles. The van der Waals surface area contributed by atoms with E-state index >= 15 is 0 Å². The molecule has 0 spiro atoms. The largest absolute Gasteiger partial charge is 0.490 e. The average Bonchev–Trinajstić information content (AvgIpc) is 2.83. The molecule has 0 unspecified atom stereocenters. The molecule has 160 valence electrons. The Labute approximate surface area is 196 Å². The van der Waals surface area contributed by atoms with Crippen molar-refractivity contribution in [2.24, 2.45) is 0 Å². The second-order valence-corrected chi connectivity index (χ2v) is 8.11. The van der Waals surface area contributed by atoms with E-state index in [1.807, 2.05) is 55.5 Å². The topological polar surface area (TPSA) is 35.5 Å². The van der Waals surface area contributed by atoms with Crippen molar-refractivity contribution >= 4 is 38.6 Å². The van der Waals surface area contributed by atoms with Crippen LogP contribution >= 0.6 is 15.9 Å². The molecule has 0 aliphatic heterocycles. The van der Waals surface area contributed by atoms with Gasteiger partial charge in [0.25, 0.3) is 0 Å². The Kier molecular flexibility index (Phi) is 7.03. The molecule has 0 aliphatic carbocycles. The summed E-state index contributed by atoms with van der Waals surface area (Å²) in [4.78, 5) is 12.4. The molecule has 0 N–H and O–H groups in total. The van der Waals surface area contributed by atoms with E-state index in [4.69, 9.17) is 9.47 Å². The maximum Gasteiger partial charge on any atom is 0.185 e. The van der Waals surface area contributed by atoms with Crippen molar-refractivity contribution in [3.63, 3.8) is 0 Å². The van der Waals surface area contributed by atoms with E-state index in [0.29, 0.717) is 30.3 Å². The van der Waals surface area contributed by atoms with Crippen LogP contribution in [0.2, 0.25) is 0 Å². The molecule has 0 aromatic heterocycles. The molecule has 3 nitrogen and oxygen atoms in total. The highest BCUT2D eigenvalue weighted by atomic mass is 79.9. The third-order valence-electron chi connectivity index (χ3n) is 5.07. The average molecular weight is 487 g/mol. The van der Waals surface area contributed by atoms with Gasteiger partial charge in [-0.1, -0.05) is 78.9 Å². The summed E-state index contributed by atoms with van der Waals surface area (Å²) in [7, 11) is 0. The summed E-state index contributed by atoms with van der Waals surface area (Å²) in [5, 5.41) is 2.35. The van der Waals surface area contributed by atoms with Gasteiger partial charge >= 0.3 is 0 Å². The quantitative estimate of drug-likeness (QED) is 0.191. The predicted molar refractivity (Wildman–Crippen MR) is 133 cm³/mol. The molecule has 4 heteroatoms. The van der Waals surface area contributed by atoms with Crippen molar-refractivity contribution < 1.29 is 14.3 Å². The van der Waals surface area contributed by atoms with E-state index in [2.05, 4.69) is 40.2 Å². The zero-order valence-corrected chi connectivity index (χ0v) is 19.3. The standard InChI is InChI=1S/C28H23BrO3/c1-2-31-27-18-20(15-16-26(30)22-10-4-3-5-11-22)17-25(29)28(27)32-19-23-13-8-12-21-9-6-7-14-24(21)23/h3-18H,2,19H2,1H3/b16-15+. The Morgan fingerprint density at radius 1 is 0.906 bits per heavy atom. The van der Waals surface area contributed by atoms with Gasteiger partial charge in [-0.3, -0.25) is 4.79 Å². The molecule has 0 radical (unpaired) electrons. The third-order valence-corrected chi connectivity index (χ3v) is 5.66. The molecule has 0 fully saturated rings. The molecule has 0 saturated heterocycles. The normalized spacial score (nSPS) is 11.1. The van der Waals surface area contributed by atoms with E-state index in [9.17, 15) is 4.79 Å². The molecule has 0 aliphatic rings. The number of ketones is 1. The maximum absolute atomic E-state index is 12.4. The van der Waals surface area contributed by atoms with Crippen molar-refractivity contribution in [2.75, 3.05) is 6.61 Å². The minimum atomic E-state index is -0.0454. The molecule has 4 aromatic carbocycles. The number of ether oxygens (including phenoxy) is 2. The lowest BCUT2D eigenvalue weighted by Crippen LogP contribution is -2.01. The Morgan fingerprint density at radius 2 is 1.66 bits per heavy atom. The number of benzene rings is 4. The van der Waals surface area contributed by atoms with Crippen LogP contribution in [0, 0.1) is 0 Å². The molecule has 4 rings (SSSR count). The van der Waals surface area contributed by atoms with Gasteiger partial charge in [0.15, 0.2) is 17.3 Å². The fourth-order valence-corrected chi connectivity index (χ4v) is 4.10. The van der Waals surface area contributed by atoms with Gasteiger partial charge in [-0.2, -0.15) is 0 Å². The van der Waals surface area contributed by atoms with Crippen LogP contribution in [0.5, 0.6) is 11.5 Å². The molecular formula is C28H23BrO3. The first-order chi connectivity index (χ1) is 15.7. The Morgan fingerprint density at radius 3 is 2.47 bits per heavy atom. The van der Waals surface area contributed by atoms with Crippen LogP contribution < -0.4 is 9.47 Å². The molecular weight excluding hydrogens is 464 g/mol. The smallest absolute Gasteiger partial charge is 0.185 e. The first-order valence-electron chi connectivity index (χ1n) is 10.5. The van der Waals surface area contributed by atoms with Crippen LogP contribution in [0.1, 0.15) is 28.4 Å². The third kappa shape index (κ3) is 5.09. The fourth-order valence-electron chi connectivity index (χ4n) is 3.53. The van der Waals surface area contributed by atoms with E-state index < -0.39 is 0 Å². The summed E-state index contributed by atoms with van der Waals surface area (Å²) in [6.07, 6.45) is 3.36. The van der Waals surface area contributed by atoms with Crippen molar-refractivity contribution in [3.05, 3.63) is 112 Å². The van der Waals surface area contributed by atoms with Crippen molar-refractivity contribution in [2.45, 2.75) is 13.5 Å². The van der Waals surface area contributed by atoms with E-state index in [-0.39, 0.29) is 5.78 Å². The highest BCUT2D eigenvalue weighted by Gasteiger charge is 2.13. The van der Waals surface area contributed by atoms with Crippen LogP contribution in [-0.2, 0) is 6.61 Å². The van der Waals surface area contributed by atoms with Crippen LogP contribution in [0.15, 0.2) is 95.5 Å². The molecule has 0 atom stereocenters. The number of allylic oxidation sites excluding steroid dienone is 1. The molecule has 0 amide bonds. The van der Waals surface area contributed by atoms with Crippen molar-refractivity contribution in [1.82, 2.24) is 0 Å². The number of hydrogen-bond donors (Lipinski definition) is 0. The van der Waals surface area contributed by atoms with E-state index in [0.717, 1.165) is 15.6 Å². The van der Waals surface area contributed by atoms with Crippen LogP contribution in [0.3, 0.4) is 0 Å². The Bertz CT molecular complexity index is 1260. The highest BCUT2D eigenvalue weighted by molar-refractivity contribution is 9.10. The highest BCUT2D eigenvalue weighted by Crippen LogP contribution is 2.38. The Balaban J connectivity index is 1.57. The molecule has 32 heavy (non-hydrogen) atoms. The second kappa shape index (κ2) is 10.3.